The smallest absolute Gasteiger partial charge is 0.373 e. The van der Waals surface area contributed by atoms with Crippen LogP contribution in [0.15, 0.2) is 12.1 Å². The summed E-state index contributed by atoms with van der Waals surface area (Å²) in [7, 11) is 3.28. The Balaban J connectivity index is 3.04. The number of hydrogen-bond acceptors (Lipinski definition) is 4. The Hall–Kier alpha value is -1.11. The molecular weight excluding hydrogens is 263 g/mol. The van der Waals surface area contributed by atoms with Crippen molar-refractivity contribution in [1.82, 2.24) is 4.98 Å². The van der Waals surface area contributed by atoms with Crippen LogP contribution in [0.3, 0.4) is 0 Å². The molecule has 0 spiro atoms. The Morgan fingerprint density at radius 1 is 1.39 bits per heavy atom. The molecule has 1 rings (SSSR count). The number of anilines is 2. The number of alkyl halides is 3. The Morgan fingerprint density at radius 2 is 2.06 bits per heavy atom. The number of pyridine rings is 1. The summed E-state index contributed by atoms with van der Waals surface area (Å²) in [6.07, 6.45) is -2.41. The number of thioether (sulfide) groups is 1. The SMILES string of the molecule is CNc1cc(C(F)(F)F)cc(N(C)CCSC)n1. The fraction of sp³-hybridized carbons (Fsp3) is 0.545. The Morgan fingerprint density at radius 3 is 2.56 bits per heavy atom. The first-order valence-electron chi connectivity index (χ1n) is 5.35. The highest BCUT2D eigenvalue weighted by Gasteiger charge is 2.31. The largest absolute Gasteiger partial charge is 0.416 e. The second-order valence-corrected chi connectivity index (χ2v) is 4.75. The fourth-order valence-corrected chi connectivity index (χ4v) is 1.80. The molecule has 0 aliphatic heterocycles. The van der Waals surface area contributed by atoms with Crippen molar-refractivity contribution in [2.75, 3.05) is 42.9 Å². The molecule has 102 valence electrons. The fourth-order valence-electron chi connectivity index (χ4n) is 1.35. The lowest BCUT2D eigenvalue weighted by atomic mass is 10.2. The van der Waals surface area contributed by atoms with Crippen LogP contribution in [-0.4, -0.2) is 37.6 Å². The summed E-state index contributed by atoms with van der Waals surface area (Å²) in [5.74, 6) is 1.38. The minimum atomic E-state index is -4.36. The van der Waals surface area contributed by atoms with Crippen LogP contribution in [0.5, 0.6) is 0 Å². The Labute approximate surface area is 109 Å². The van der Waals surface area contributed by atoms with Gasteiger partial charge in [0.1, 0.15) is 11.6 Å². The van der Waals surface area contributed by atoms with Gasteiger partial charge in [0.05, 0.1) is 5.56 Å². The quantitative estimate of drug-likeness (QED) is 0.897. The molecule has 0 aliphatic rings. The maximum absolute atomic E-state index is 12.7. The predicted octanol–water partition coefficient (Wildman–Crippen LogP) is 2.94. The summed E-state index contributed by atoms with van der Waals surface area (Å²) >= 11 is 1.64. The summed E-state index contributed by atoms with van der Waals surface area (Å²) in [5, 5.41) is 2.65. The topological polar surface area (TPSA) is 28.2 Å². The molecule has 7 heteroatoms. The molecule has 1 aromatic heterocycles. The average molecular weight is 279 g/mol. The van der Waals surface area contributed by atoms with Gasteiger partial charge in [-0.25, -0.2) is 4.98 Å². The molecule has 0 bridgehead atoms. The molecule has 1 N–H and O–H groups in total. The van der Waals surface area contributed by atoms with E-state index in [9.17, 15) is 13.2 Å². The van der Waals surface area contributed by atoms with E-state index in [4.69, 9.17) is 0 Å². The van der Waals surface area contributed by atoms with Crippen LogP contribution >= 0.6 is 11.8 Å². The van der Waals surface area contributed by atoms with Crippen molar-refractivity contribution in [1.29, 1.82) is 0 Å². The molecule has 0 atom stereocenters. The lowest BCUT2D eigenvalue weighted by molar-refractivity contribution is -0.137. The molecule has 0 aliphatic carbocycles. The lowest BCUT2D eigenvalue weighted by Gasteiger charge is -2.20. The number of aromatic nitrogens is 1. The van der Waals surface area contributed by atoms with Gasteiger partial charge in [-0.2, -0.15) is 24.9 Å². The number of rotatable bonds is 5. The van der Waals surface area contributed by atoms with Crippen molar-refractivity contribution in [2.24, 2.45) is 0 Å². The van der Waals surface area contributed by atoms with Gasteiger partial charge in [0.15, 0.2) is 0 Å². The zero-order valence-corrected chi connectivity index (χ0v) is 11.3. The molecule has 18 heavy (non-hydrogen) atoms. The third-order valence-corrected chi connectivity index (χ3v) is 3.01. The van der Waals surface area contributed by atoms with Gasteiger partial charge in [0, 0.05) is 26.4 Å². The van der Waals surface area contributed by atoms with Crippen LogP contribution in [0.25, 0.3) is 0 Å². The first-order valence-corrected chi connectivity index (χ1v) is 6.75. The normalized spacial score (nSPS) is 11.4. The molecule has 0 radical (unpaired) electrons. The average Bonchev–Trinajstić information content (AvgIpc) is 2.34. The molecular formula is C11H16F3N3S. The van der Waals surface area contributed by atoms with Gasteiger partial charge in [-0.15, -0.1) is 0 Å². The molecule has 0 unspecified atom stereocenters. The van der Waals surface area contributed by atoms with E-state index in [0.717, 1.165) is 17.9 Å². The van der Waals surface area contributed by atoms with E-state index >= 15 is 0 Å². The van der Waals surface area contributed by atoms with Gasteiger partial charge >= 0.3 is 6.18 Å². The molecule has 0 saturated heterocycles. The van der Waals surface area contributed by atoms with E-state index in [1.165, 1.54) is 0 Å². The molecule has 3 nitrogen and oxygen atoms in total. The van der Waals surface area contributed by atoms with Crippen LogP contribution in [0.2, 0.25) is 0 Å². The van der Waals surface area contributed by atoms with Crippen LogP contribution < -0.4 is 10.2 Å². The number of hydrogen-bond donors (Lipinski definition) is 1. The van der Waals surface area contributed by atoms with Crippen LogP contribution in [0.1, 0.15) is 5.56 Å². The number of nitrogens with one attached hydrogen (secondary N) is 1. The van der Waals surface area contributed by atoms with E-state index in [2.05, 4.69) is 10.3 Å². The van der Waals surface area contributed by atoms with Crippen molar-refractivity contribution in [3.05, 3.63) is 17.7 Å². The van der Waals surface area contributed by atoms with Crippen LogP contribution in [0, 0.1) is 0 Å². The van der Waals surface area contributed by atoms with E-state index in [1.807, 2.05) is 6.26 Å². The van der Waals surface area contributed by atoms with Gasteiger partial charge in [-0.3, -0.25) is 0 Å². The van der Waals surface area contributed by atoms with Gasteiger partial charge in [0.25, 0.3) is 0 Å². The molecule has 1 heterocycles. The minimum Gasteiger partial charge on any atom is -0.373 e. The zero-order chi connectivity index (χ0) is 13.8. The van der Waals surface area contributed by atoms with Crippen LogP contribution in [0.4, 0.5) is 24.8 Å². The molecule has 1 aromatic rings. The number of halogens is 3. The van der Waals surface area contributed by atoms with E-state index in [0.29, 0.717) is 12.4 Å². The van der Waals surface area contributed by atoms with Crippen molar-refractivity contribution in [2.45, 2.75) is 6.18 Å². The summed E-state index contributed by atoms with van der Waals surface area (Å²) in [6, 6.07) is 2.08. The lowest BCUT2D eigenvalue weighted by Crippen LogP contribution is -2.22. The second kappa shape index (κ2) is 6.17. The summed E-state index contributed by atoms with van der Waals surface area (Å²) in [6.45, 7) is 0.651. The third-order valence-electron chi connectivity index (χ3n) is 2.42. The monoisotopic (exact) mass is 279 g/mol. The third kappa shape index (κ3) is 3.97. The summed E-state index contributed by atoms with van der Waals surface area (Å²) < 4.78 is 38.2. The highest BCUT2D eigenvalue weighted by Crippen LogP contribution is 2.32. The molecule has 0 fully saturated rings. The van der Waals surface area contributed by atoms with E-state index < -0.39 is 11.7 Å². The predicted molar refractivity (Wildman–Crippen MR) is 70.4 cm³/mol. The van der Waals surface area contributed by atoms with Crippen LogP contribution in [-0.2, 0) is 6.18 Å². The van der Waals surface area contributed by atoms with E-state index in [-0.39, 0.29) is 5.82 Å². The molecule has 0 amide bonds. The first-order chi connectivity index (χ1) is 8.38. The maximum Gasteiger partial charge on any atom is 0.416 e. The highest BCUT2D eigenvalue weighted by atomic mass is 32.2. The van der Waals surface area contributed by atoms with Gasteiger partial charge in [-0.1, -0.05) is 0 Å². The van der Waals surface area contributed by atoms with Gasteiger partial charge in [0.2, 0.25) is 0 Å². The summed E-state index contributed by atoms with van der Waals surface area (Å²) in [5.41, 5.74) is -0.687. The standard InChI is InChI=1S/C11H16F3N3S/c1-15-9-6-8(11(12,13)14)7-10(16-9)17(2)4-5-18-3/h6-7H,4-5H2,1-3H3,(H,15,16). The van der Waals surface area contributed by atoms with Gasteiger partial charge < -0.3 is 10.2 Å². The maximum atomic E-state index is 12.7. The molecule has 0 aromatic carbocycles. The zero-order valence-electron chi connectivity index (χ0n) is 10.5. The van der Waals surface area contributed by atoms with Crippen molar-refractivity contribution in [3.8, 4) is 0 Å². The molecule has 0 saturated carbocycles. The van der Waals surface area contributed by atoms with Crippen molar-refractivity contribution in [3.63, 3.8) is 0 Å². The Bertz CT molecular complexity index is 396. The Kier molecular flexibility index (Phi) is 5.13. The van der Waals surface area contributed by atoms with E-state index in [1.54, 1.807) is 30.8 Å². The highest BCUT2D eigenvalue weighted by molar-refractivity contribution is 7.98. The summed E-state index contributed by atoms with van der Waals surface area (Å²) in [4.78, 5) is 5.84. The van der Waals surface area contributed by atoms with Crippen molar-refractivity contribution < 1.29 is 13.2 Å². The van der Waals surface area contributed by atoms with Crippen molar-refractivity contribution >= 4 is 23.4 Å². The second-order valence-electron chi connectivity index (χ2n) is 3.76. The minimum absolute atomic E-state index is 0.218. The first kappa shape index (κ1) is 14.9. The number of nitrogens with zero attached hydrogens (tertiary/aromatic N) is 2. The van der Waals surface area contributed by atoms with Gasteiger partial charge in [-0.05, 0) is 18.4 Å².